The number of alkyl halides is 2. The summed E-state index contributed by atoms with van der Waals surface area (Å²) in [4.78, 5) is 2.70. The SMILES string of the molecule is NS(=O)(=O)c1c(C(F)F)ncc(I)c1Br. The number of rotatable bonds is 2. The third-order valence-corrected chi connectivity index (χ3v) is 5.08. The highest BCUT2D eigenvalue weighted by atomic mass is 127. The summed E-state index contributed by atoms with van der Waals surface area (Å²) in [5, 5.41) is 4.83. The van der Waals surface area contributed by atoms with Crippen molar-refractivity contribution in [1.82, 2.24) is 4.98 Å². The van der Waals surface area contributed by atoms with Crippen LogP contribution in [0.15, 0.2) is 15.6 Å². The highest BCUT2D eigenvalue weighted by Gasteiger charge is 2.26. The smallest absolute Gasteiger partial charge is 0.253 e. The van der Waals surface area contributed by atoms with Gasteiger partial charge in [0.05, 0.1) is 4.47 Å². The molecule has 1 heterocycles. The van der Waals surface area contributed by atoms with E-state index in [0.29, 0.717) is 3.57 Å². The molecule has 0 saturated heterocycles. The van der Waals surface area contributed by atoms with Crippen molar-refractivity contribution in [3.63, 3.8) is 0 Å². The number of hydrogen-bond donors (Lipinski definition) is 1. The molecule has 1 aromatic rings. The zero-order chi connectivity index (χ0) is 11.8. The molecule has 0 saturated carbocycles. The van der Waals surface area contributed by atoms with E-state index >= 15 is 0 Å². The van der Waals surface area contributed by atoms with Gasteiger partial charge in [0.25, 0.3) is 6.43 Å². The summed E-state index contributed by atoms with van der Waals surface area (Å²) < 4.78 is 47.5. The molecule has 0 aliphatic carbocycles. The fourth-order valence-corrected chi connectivity index (χ4v) is 3.26. The lowest BCUT2D eigenvalue weighted by molar-refractivity contribution is 0.142. The number of sulfonamides is 1. The van der Waals surface area contributed by atoms with Crippen LogP contribution in [0.1, 0.15) is 12.1 Å². The van der Waals surface area contributed by atoms with Gasteiger partial charge in [-0.1, -0.05) is 0 Å². The number of halogens is 4. The molecule has 0 spiro atoms. The van der Waals surface area contributed by atoms with Crippen molar-refractivity contribution in [2.24, 2.45) is 5.14 Å². The molecule has 15 heavy (non-hydrogen) atoms. The molecule has 0 unspecified atom stereocenters. The van der Waals surface area contributed by atoms with Gasteiger partial charge in [-0.2, -0.15) is 0 Å². The maximum Gasteiger partial charge on any atom is 0.281 e. The van der Waals surface area contributed by atoms with Crippen molar-refractivity contribution >= 4 is 48.5 Å². The molecule has 9 heteroatoms. The Morgan fingerprint density at radius 2 is 2.07 bits per heavy atom. The van der Waals surface area contributed by atoms with E-state index in [9.17, 15) is 17.2 Å². The standard InChI is InChI=1S/C6H4BrF2IN2O2S/c7-3-2(10)1-12-4(6(8)9)5(3)15(11,13)14/h1,6H,(H2,11,13,14). The molecule has 84 valence electrons. The maximum absolute atomic E-state index is 12.5. The van der Waals surface area contributed by atoms with E-state index in [1.54, 1.807) is 22.6 Å². The van der Waals surface area contributed by atoms with Gasteiger partial charge >= 0.3 is 0 Å². The number of pyridine rings is 1. The summed E-state index contributed by atoms with van der Waals surface area (Å²) in [5.41, 5.74) is -0.843. The van der Waals surface area contributed by atoms with E-state index in [-0.39, 0.29) is 4.47 Å². The zero-order valence-electron chi connectivity index (χ0n) is 6.92. The third kappa shape index (κ3) is 2.82. The second kappa shape index (κ2) is 4.55. The number of aromatic nitrogens is 1. The van der Waals surface area contributed by atoms with E-state index in [4.69, 9.17) is 5.14 Å². The number of nitrogens with two attached hydrogens (primary N) is 1. The Morgan fingerprint density at radius 1 is 1.53 bits per heavy atom. The monoisotopic (exact) mass is 412 g/mol. The first-order valence-electron chi connectivity index (χ1n) is 3.40. The van der Waals surface area contributed by atoms with Crippen molar-refractivity contribution in [1.29, 1.82) is 0 Å². The second-order valence-corrected chi connectivity index (χ2v) is 5.93. The highest BCUT2D eigenvalue weighted by molar-refractivity contribution is 14.1. The Bertz CT molecular complexity index is 494. The van der Waals surface area contributed by atoms with Crippen LogP contribution in [-0.4, -0.2) is 13.4 Å². The molecule has 0 atom stereocenters. The first-order valence-corrected chi connectivity index (χ1v) is 6.81. The Kier molecular flexibility index (Phi) is 4.01. The lowest BCUT2D eigenvalue weighted by Gasteiger charge is -2.08. The summed E-state index contributed by atoms with van der Waals surface area (Å²) in [6.07, 6.45) is -1.85. The largest absolute Gasteiger partial charge is 0.281 e. The van der Waals surface area contributed by atoms with E-state index < -0.39 is 27.0 Å². The Balaban J connectivity index is 3.65. The normalized spacial score (nSPS) is 12.1. The van der Waals surface area contributed by atoms with Crippen molar-refractivity contribution < 1.29 is 17.2 Å². The topological polar surface area (TPSA) is 73.1 Å². The third-order valence-electron chi connectivity index (χ3n) is 1.45. The summed E-state index contributed by atoms with van der Waals surface area (Å²) in [6.45, 7) is 0. The number of nitrogens with zero attached hydrogens (tertiary/aromatic N) is 1. The number of hydrogen-bond acceptors (Lipinski definition) is 3. The first-order chi connectivity index (χ1) is 6.75. The molecule has 0 radical (unpaired) electrons. The average molecular weight is 413 g/mol. The Labute approximate surface area is 107 Å². The summed E-state index contributed by atoms with van der Waals surface area (Å²) in [7, 11) is -4.23. The molecule has 1 rings (SSSR count). The second-order valence-electron chi connectivity index (χ2n) is 2.48. The molecular formula is C6H4BrF2IN2O2S. The molecule has 4 nitrogen and oxygen atoms in total. The van der Waals surface area contributed by atoms with Gasteiger partial charge in [0.2, 0.25) is 10.0 Å². The van der Waals surface area contributed by atoms with Gasteiger partial charge < -0.3 is 0 Å². The van der Waals surface area contributed by atoms with Crippen LogP contribution < -0.4 is 5.14 Å². The first kappa shape index (κ1) is 13.2. The van der Waals surface area contributed by atoms with Gasteiger partial charge in [0.15, 0.2) is 0 Å². The summed E-state index contributed by atoms with van der Waals surface area (Å²) in [5.74, 6) is 0. The number of primary sulfonamides is 1. The summed E-state index contributed by atoms with van der Waals surface area (Å²) >= 11 is 4.65. The van der Waals surface area contributed by atoms with Crippen LogP contribution >= 0.6 is 38.5 Å². The van der Waals surface area contributed by atoms with Crippen molar-refractivity contribution in [2.45, 2.75) is 11.3 Å². The predicted molar refractivity (Wildman–Crippen MR) is 61.0 cm³/mol. The molecule has 0 aliphatic rings. The molecule has 0 fully saturated rings. The predicted octanol–water partition coefficient (Wildman–Crippen LogP) is 2.03. The van der Waals surface area contributed by atoms with Gasteiger partial charge in [0, 0.05) is 9.77 Å². The molecule has 0 aromatic carbocycles. The van der Waals surface area contributed by atoms with Gasteiger partial charge in [-0.3, -0.25) is 4.98 Å². The average Bonchev–Trinajstić information content (AvgIpc) is 2.06. The fourth-order valence-electron chi connectivity index (χ4n) is 0.889. The lowest BCUT2D eigenvalue weighted by Crippen LogP contribution is -2.17. The highest BCUT2D eigenvalue weighted by Crippen LogP contribution is 2.32. The molecular weight excluding hydrogens is 409 g/mol. The fraction of sp³-hybridized carbons (Fsp3) is 0.167. The minimum atomic E-state index is -4.23. The van der Waals surface area contributed by atoms with Crippen molar-refractivity contribution in [2.75, 3.05) is 0 Å². The Hall–Kier alpha value is 0.130. The van der Waals surface area contributed by atoms with Crippen LogP contribution in [-0.2, 0) is 10.0 Å². The molecule has 2 N–H and O–H groups in total. The zero-order valence-corrected chi connectivity index (χ0v) is 11.5. The van der Waals surface area contributed by atoms with Crippen LogP contribution in [0.5, 0.6) is 0 Å². The maximum atomic E-state index is 12.5. The molecule has 1 aromatic heterocycles. The van der Waals surface area contributed by atoms with Crippen molar-refractivity contribution in [3.05, 3.63) is 19.9 Å². The summed E-state index contributed by atoms with van der Waals surface area (Å²) in [6, 6.07) is 0. The van der Waals surface area contributed by atoms with E-state index in [2.05, 4.69) is 20.9 Å². The lowest BCUT2D eigenvalue weighted by atomic mass is 10.3. The van der Waals surface area contributed by atoms with Gasteiger partial charge in [-0.25, -0.2) is 22.3 Å². The van der Waals surface area contributed by atoms with E-state index in [1.807, 2.05) is 0 Å². The van der Waals surface area contributed by atoms with Gasteiger partial charge in [-0.05, 0) is 38.5 Å². The van der Waals surface area contributed by atoms with Crippen LogP contribution in [0.25, 0.3) is 0 Å². The molecule has 0 bridgehead atoms. The van der Waals surface area contributed by atoms with E-state index in [1.165, 1.54) is 0 Å². The molecule has 0 aliphatic heterocycles. The van der Waals surface area contributed by atoms with Crippen LogP contribution in [0.2, 0.25) is 0 Å². The van der Waals surface area contributed by atoms with Gasteiger partial charge in [0.1, 0.15) is 10.6 Å². The van der Waals surface area contributed by atoms with Crippen LogP contribution in [0.4, 0.5) is 8.78 Å². The van der Waals surface area contributed by atoms with Crippen LogP contribution in [0.3, 0.4) is 0 Å². The Morgan fingerprint density at radius 3 is 2.47 bits per heavy atom. The quantitative estimate of drug-likeness (QED) is 0.755. The minimum Gasteiger partial charge on any atom is -0.253 e. The van der Waals surface area contributed by atoms with E-state index in [0.717, 1.165) is 6.20 Å². The van der Waals surface area contributed by atoms with Crippen molar-refractivity contribution in [3.8, 4) is 0 Å². The molecule has 0 amide bonds. The van der Waals surface area contributed by atoms with Gasteiger partial charge in [-0.15, -0.1) is 0 Å². The minimum absolute atomic E-state index is 0.0101. The van der Waals surface area contributed by atoms with Crippen LogP contribution in [0, 0.1) is 3.57 Å².